The number of carbonyl (C=O) groups excluding carboxylic acids is 1. The van der Waals surface area contributed by atoms with Crippen LogP contribution in [0.25, 0.3) is 0 Å². The molecule has 0 fully saturated rings. The van der Waals surface area contributed by atoms with Gasteiger partial charge in [0.25, 0.3) is 5.91 Å². The monoisotopic (exact) mass is 432 g/mol. The molecule has 2 aromatic carbocycles. The first-order valence-corrected chi connectivity index (χ1v) is 9.18. The van der Waals surface area contributed by atoms with Crippen LogP contribution in [0, 0.1) is 0 Å². The molecule has 30 heavy (non-hydrogen) atoms. The first kappa shape index (κ1) is 22.8. The molecule has 0 saturated carbocycles. The molecule has 0 aromatic heterocycles. The molecule has 0 atom stereocenters. The van der Waals surface area contributed by atoms with Gasteiger partial charge < -0.3 is 19.3 Å². The Morgan fingerprint density at radius 3 is 2.63 bits per heavy atom. The van der Waals surface area contributed by atoms with Crippen LogP contribution >= 0.6 is 11.6 Å². The fourth-order valence-electron chi connectivity index (χ4n) is 2.43. The summed E-state index contributed by atoms with van der Waals surface area (Å²) in [5, 5.41) is 13.2. The first-order chi connectivity index (χ1) is 14.4. The molecular weight excluding hydrogens is 412 g/mol. The van der Waals surface area contributed by atoms with Crippen LogP contribution in [0.2, 0.25) is 5.02 Å². The number of nitrogens with one attached hydrogen (secondary N) is 1. The molecule has 0 spiro atoms. The SMILES string of the molecule is C=CCc1cc(/C=N/NC(=O)COc2ccccc2Cl)cc(OC)c1OCC(=O)O. The molecule has 0 aliphatic heterocycles. The third-order valence-corrected chi connectivity index (χ3v) is 3.99. The number of allylic oxidation sites excluding steroid dienone is 1. The van der Waals surface area contributed by atoms with Crippen LogP contribution < -0.4 is 19.6 Å². The van der Waals surface area contributed by atoms with E-state index >= 15 is 0 Å². The average molecular weight is 433 g/mol. The molecule has 2 aromatic rings. The zero-order chi connectivity index (χ0) is 21.9. The molecule has 0 aliphatic carbocycles. The van der Waals surface area contributed by atoms with Crippen molar-refractivity contribution in [2.24, 2.45) is 5.10 Å². The number of hydrogen-bond acceptors (Lipinski definition) is 6. The smallest absolute Gasteiger partial charge is 0.341 e. The second-order valence-corrected chi connectivity index (χ2v) is 6.31. The summed E-state index contributed by atoms with van der Waals surface area (Å²) in [5.74, 6) is -0.520. The van der Waals surface area contributed by atoms with Gasteiger partial charge in [-0.2, -0.15) is 5.10 Å². The van der Waals surface area contributed by atoms with Crippen molar-refractivity contribution in [1.82, 2.24) is 5.43 Å². The highest BCUT2D eigenvalue weighted by molar-refractivity contribution is 6.32. The number of carboxylic acid groups (broad SMARTS) is 1. The Bertz CT molecular complexity index is 945. The Morgan fingerprint density at radius 1 is 1.20 bits per heavy atom. The number of halogens is 1. The number of carboxylic acids is 1. The van der Waals surface area contributed by atoms with Crippen LogP contribution in [0.4, 0.5) is 0 Å². The van der Waals surface area contributed by atoms with Crippen LogP contribution in [0.1, 0.15) is 11.1 Å². The summed E-state index contributed by atoms with van der Waals surface area (Å²) >= 11 is 5.97. The van der Waals surface area contributed by atoms with E-state index < -0.39 is 18.5 Å². The number of nitrogens with zero attached hydrogens (tertiary/aromatic N) is 1. The number of benzene rings is 2. The molecule has 158 valence electrons. The minimum absolute atomic E-state index is 0.256. The maximum atomic E-state index is 11.9. The van der Waals surface area contributed by atoms with Gasteiger partial charge in [-0.05, 0) is 36.2 Å². The summed E-state index contributed by atoms with van der Waals surface area (Å²) < 4.78 is 16.0. The van der Waals surface area contributed by atoms with Crippen LogP contribution in [-0.2, 0) is 16.0 Å². The highest BCUT2D eigenvalue weighted by Crippen LogP contribution is 2.33. The lowest BCUT2D eigenvalue weighted by molar-refractivity contribution is -0.139. The second kappa shape index (κ2) is 11.5. The van der Waals surface area contributed by atoms with Gasteiger partial charge in [0.2, 0.25) is 0 Å². The first-order valence-electron chi connectivity index (χ1n) is 8.80. The second-order valence-electron chi connectivity index (χ2n) is 5.90. The topological polar surface area (TPSA) is 106 Å². The van der Waals surface area contributed by atoms with E-state index in [4.69, 9.17) is 30.9 Å². The summed E-state index contributed by atoms with van der Waals surface area (Å²) in [5.41, 5.74) is 3.63. The largest absolute Gasteiger partial charge is 0.493 e. The van der Waals surface area contributed by atoms with Gasteiger partial charge in [0.1, 0.15) is 5.75 Å². The minimum Gasteiger partial charge on any atom is -0.493 e. The van der Waals surface area contributed by atoms with Gasteiger partial charge >= 0.3 is 5.97 Å². The number of methoxy groups -OCH3 is 1. The van der Waals surface area contributed by atoms with Gasteiger partial charge in [0.05, 0.1) is 18.3 Å². The summed E-state index contributed by atoms with van der Waals surface area (Å²) in [6, 6.07) is 10.2. The summed E-state index contributed by atoms with van der Waals surface area (Å²) in [4.78, 5) is 22.7. The third kappa shape index (κ3) is 6.82. The zero-order valence-corrected chi connectivity index (χ0v) is 17.0. The number of ether oxygens (including phenoxy) is 3. The van der Waals surface area contributed by atoms with Gasteiger partial charge in [-0.3, -0.25) is 4.79 Å². The van der Waals surface area contributed by atoms with Crippen molar-refractivity contribution in [3.05, 3.63) is 65.2 Å². The average Bonchev–Trinajstić information content (AvgIpc) is 2.72. The van der Waals surface area contributed by atoms with Crippen molar-refractivity contribution in [3.8, 4) is 17.2 Å². The Labute approximate surface area is 178 Å². The molecule has 0 heterocycles. The van der Waals surface area contributed by atoms with Gasteiger partial charge in [-0.25, -0.2) is 10.2 Å². The van der Waals surface area contributed by atoms with E-state index in [1.165, 1.54) is 13.3 Å². The lowest BCUT2D eigenvalue weighted by Crippen LogP contribution is -2.24. The van der Waals surface area contributed by atoms with Crippen molar-refractivity contribution in [1.29, 1.82) is 0 Å². The Hall–Kier alpha value is -3.52. The van der Waals surface area contributed by atoms with Gasteiger partial charge in [-0.15, -0.1) is 6.58 Å². The molecule has 9 heteroatoms. The van der Waals surface area contributed by atoms with Crippen molar-refractivity contribution in [3.63, 3.8) is 0 Å². The molecular formula is C21H21ClN2O6. The van der Waals surface area contributed by atoms with E-state index in [9.17, 15) is 9.59 Å². The standard InChI is InChI=1S/C21H21ClN2O6/c1-3-6-15-9-14(10-18(28-2)21(15)30-13-20(26)27)11-23-24-19(25)12-29-17-8-5-4-7-16(17)22/h3-5,7-11H,1,6,12-13H2,2H3,(H,24,25)(H,26,27)/b23-11+. The molecule has 0 unspecified atom stereocenters. The van der Waals surface area contributed by atoms with Crippen molar-refractivity contribution >= 4 is 29.7 Å². The van der Waals surface area contributed by atoms with Crippen LogP contribution in [0.15, 0.2) is 54.2 Å². The van der Waals surface area contributed by atoms with Crippen molar-refractivity contribution < 1.29 is 28.9 Å². The van der Waals surface area contributed by atoms with Gasteiger partial charge in [0, 0.05) is 5.56 Å². The van der Waals surface area contributed by atoms with E-state index in [0.29, 0.717) is 39.8 Å². The number of aliphatic carboxylic acids is 1. The summed E-state index contributed by atoms with van der Waals surface area (Å²) in [6.45, 7) is 2.93. The predicted molar refractivity (Wildman–Crippen MR) is 113 cm³/mol. The fraction of sp³-hybridized carbons (Fsp3) is 0.190. The fourth-order valence-corrected chi connectivity index (χ4v) is 2.62. The maximum Gasteiger partial charge on any atom is 0.341 e. The normalized spacial score (nSPS) is 10.5. The van der Waals surface area contributed by atoms with E-state index in [0.717, 1.165) is 0 Å². The van der Waals surface area contributed by atoms with E-state index in [1.807, 2.05) is 0 Å². The van der Waals surface area contributed by atoms with Crippen molar-refractivity contribution in [2.45, 2.75) is 6.42 Å². The number of rotatable bonds is 11. The van der Waals surface area contributed by atoms with E-state index in [2.05, 4.69) is 17.1 Å². The summed E-state index contributed by atoms with van der Waals surface area (Å²) in [6.07, 6.45) is 3.49. The number of amides is 1. The van der Waals surface area contributed by atoms with Gasteiger partial charge in [-0.1, -0.05) is 29.8 Å². The quantitative estimate of drug-likeness (QED) is 0.321. The van der Waals surface area contributed by atoms with E-state index in [-0.39, 0.29) is 6.61 Å². The lowest BCUT2D eigenvalue weighted by atomic mass is 10.1. The molecule has 0 saturated heterocycles. The molecule has 2 N–H and O–H groups in total. The highest BCUT2D eigenvalue weighted by atomic mass is 35.5. The Morgan fingerprint density at radius 2 is 1.97 bits per heavy atom. The van der Waals surface area contributed by atoms with Crippen LogP contribution in [0.3, 0.4) is 0 Å². The van der Waals surface area contributed by atoms with E-state index in [1.54, 1.807) is 42.5 Å². The van der Waals surface area contributed by atoms with Crippen LogP contribution in [0.5, 0.6) is 17.2 Å². The Balaban J connectivity index is 2.05. The molecule has 2 rings (SSSR count). The third-order valence-electron chi connectivity index (χ3n) is 3.68. The molecule has 0 bridgehead atoms. The highest BCUT2D eigenvalue weighted by Gasteiger charge is 2.14. The van der Waals surface area contributed by atoms with Crippen LogP contribution in [-0.4, -0.2) is 43.5 Å². The Kier molecular flexibility index (Phi) is 8.71. The van der Waals surface area contributed by atoms with Crippen molar-refractivity contribution in [2.75, 3.05) is 20.3 Å². The number of hydrazone groups is 1. The molecule has 1 amide bonds. The number of para-hydroxylation sites is 1. The number of carbonyl (C=O) groups is 2. The predicted octanol–water partition coefficient (Wildman–Crippen LogP) is 3.07. The maximum absolute atomic E-state index is 11.9. The number of hydrogen-bond donors (Lipinski definition) is 2. The minimum atomic E-state index is -1.10. The molecule has 0 aliphatic rings. The molecule has 8 nitrogen and oxygen atoms in total. The lowest BCUT2D eigenvalue weighted by Gasteiger charge is -2.14. The molecule has 0 radical (unpaired) electrons. The zero-order valence-electron chi connectivity index (χ0n) is 16.3. The van der Waals surface area contributed by atoms with Gasteiger partial charge in [0.15, 0.2) is 24.7 Å². The summed E-state index contributed by atoms with van der Waals surface area (Å²) in [7, 11) is 1.44.